The number of hydrogen-bond donors (Lipinski definition) is 0. The van der Waals surface area contributed by atoms with Gasteiger partial charge in [0.2, 0.25) is 0 Å². The number of hydrogen-bond acceptors (Lipinski definition) is 1. The first-order valence-corrected chi connectivity index (χ1v) is 8.38. The summed E-state index contributed by atoms with van der Waals surface area (Å²) >= 11 is 0. The third kappa shape index (κ3) is 4.29. The van der Waals surface area contributed by atoms with E-state index in [1.807, 2.05) is 6.92 Å². The Morgan fingerprint density at radius 3 is 2.07 bits per heavy atom. The Morgan fingerprint density at radius 1 is 0.815 bits per heavy atom. The first kappa shape index (κ1) is 23.8. The van der Waals surface area contributed by atoms with E-state index in [0.29, 0.717) is 0 Å². The summed E-state index contributed by atoms with van der Waals surface area (Å²) in [5.74, 6) is 1.95. The molecule has 0 unspecified atom stereocenters. The molecule has 1 radical (unpaired) electrons. The van der Waals surface area contributed by atoms with Gasteiger partial charge >= 0.3 is 26.2 Å². The van der Waals surface area contributed by atoms with Crippen molar-refractivity contribution in [3.8, 4) is 22.5 Å². The van der Waals surface area contributed by atoms with Gasteiger partial charge in [-0.1, -0.05) is 47.0 Å². The molecule has 0 atom stereocenters. The minimum absolute atomic E-state index is 0. The van der Waals surface area contributed by atoms with Crippen molar-refractivity contribution >= 4 is 10.8 Å². The van der Waals surface area contributed by atoms with Crippen LogP contribution in [-0.2, 0) is 26.2 Å². The van der Waals surface area contributed by atoms with Crippen molar-refractivity contribution in [2.45, 2.75) is 27.7 Å². The molecule has 1 heterocycles. The second-order valence-electron chi connectivity index (χ2n) is 6.66. The largest absolute Gasteiger partial charge is 3.00 e. The van der Waals surface area contributed by atoms with Crippen LogP contribution in [0.5, 0.6) is 0 Å². The maximum Gasteiger partial charge on any atom is 3.00 e. The van der Waals surface area contributed by atoms with Crippen molar-refractivity contribution in [1.29, 1.82) is 0 Å². The first-order valence-electron chi connectivity index (χ1n) is 8.38. The Kier molecular flexibility index (Phi) is 8.23. The SMILES string of the molecule is Cc1cc(-c2cc3c(-c4ccccc4)c(C)c(C)cc3[cH-]2)oc1C.[Cl-].[Cl-].[Zr+3]. The van der Waals surface area contributed by atoms with E-state index < -0.39 is 0 Å². The van der Waals surface area contributed by atoms with Crippen molar-refractivity contribution in [2.75, 3.05) is 0 Å². The van der Waals surface area contributed by atoms with Crippen molar-refractivity contribution in [3.63, 3.8) is 0 Å². The minimum Gasteiger partial charge on any atom is -1.00 e. The number of rotatable bonds is 2. The van der Waals surface area contributed by atoms with Gasteiger partial charge in [-0.15, -0.1) is 29.0 Å². The molecule has 0 aliphatic rings. The van der Waals surface area contributed by atoms with Gasteiger partial charge in [0, 0.05) is 0 Å². The number of benzene rings is 2. The summed E-state index contributed by atoms with van der Waals surface area (Å²) in [6.45, 7) is 8.51. The van der Waals surface area contributed by atoms with Crippen LogP contribution in [0.25, 0.3) is 33.2 Å². The summed E-state index contributed by atoms with van der Waals surface area (Å²) in [4.78, 5) is 0. The van der Waals surface area contributed by atoms with E-state index in [2.05, 4.69) is 75.4 Å². The fraction of sp³-hybridized carbons (Fsp3) is 0.174. The van der Waals surface area contributed by atoms with Gasteiger partial charge < -0.3 is 29.2 Å². The van der Waals surface area contributed by atoms with Crippen molar-refractivity contribution in [1.82, 2.24) is 0 Å². The molecule has 27 heavy (non-hydrogen) atoms. The molecule has 0 fully saturated rings. The second-order valence-corrected chi connectivity index (χ2v) is 6.66. The van der Waals surface area contributed by atoms with E-state index in [1.165, 1.54) is 38.6 Å². The molecular formula is C23H21Cl2OZr. The molecule has 0 spiro atoms. The molecule has 0 aliphatic carbocycles. The number of furan rings is 1. The number of aryl methyl sites for hydroxylation is 3. The molecule has 0 saturated carbocycles. The van der Waals surface area contributed by atoms with E-state index >= 15 is 0 Å². The Balaban J connectivity index is 0.00000121. The van der Waals surface area contributed by atoms with Crippen molar-refractivity contribution in [3.05, 3.63) is 77.0 Å². The van der Waals surface area contributed by atoms with Crippen LogP contribution in [-0.4, -0.2) is 0 Å². The monoisotopic (exact) mass is 473 g/mol. The van der Waals surface area contributed by atoms with Gasteiger partial charge in [0.05, 0.1) is 11.5 Å². The third-order valence-electron chi connectivity index (χ3n) is 5.04. The maximum absolute atomic E-state index is 5.94. The topological polar surface area (TPSA) is 13.1 Å². The second kappa shape index (κ2) is 9.33. The maximum atomic E-state index is 5.94. The summed E-state index contributed by atoms with van der Waals surface area (Å²) in [6.07, 6.45) is 0. The van der Waals surface area contributed by atoms with E-state index in [-0.39, 0.29) is 51.0 Å². The Bertz CT molecular complexity index is 1030. The van der Waals surface area contributed by atoms with Gasteiger partial charge in [0.1, 0.15) is 0 Å². The fourth-order valence-electron chi connectivity index (χ4n) is 3.44. The molecule has 0 saturated heterocycles. The van der Waals surface area contributed by atoms with Crippen LogP contribution >= 0.6 is 0 Å². The van der Waals surface area contributed by atoms with Gasteiger partial charge in [0.15, 0.2) is 0 Å². The molecule has 4 heteroatoms. The number of fused-ring (bicyclic) bond motifs is 1. The van der Waals surface area contributed by atoms with E-state index in [0.717, 1.165) is 17.1 Å². The molecule has 0 aliphatic heterocycles. The fourth-order valence-corrected chi connectivity index (χ4v) is 3.44. The van der Waals surface area contributed by atoms with Crippen LogP contribution < -0.4 is 24.8 Å². The molecule has 0 N–H and O–H groups in total. The molecular weight excluding hydrogens is 454 g/mol. The van der Waals surface area contributed by atoms with E-state index in [9.17, 15) is 0 Å². The summed E-state index contributed by atoms with van der Waals surface area (Å²) in [6, 6.07) is 19.6. The Morgan fingerprint density at radius 2 is 1.48 bits per heavy atom. The normalized spacial score (nSPS) is 10.1. The summed E-state index contributed by atoms with van der Waals surface area (Å²) in [5.41, 5.74) is 7.63. The van der Waals surface area contributed by atoms with Gasteiger partial charge in [-0.25, -0.2) is 0 Å². The standard InChI is InChI=1S/C23H21O.2ClH.Zr/c1-14-10-19-12-20(22-11-15(2)17(4)24-22)13-21(19)23(16(14)3)18-8-6-5-7-9-18;;;/h5-13H,1-4H3;2*1H;/q-1;;;+3/p-2. The van der Waals surface area contributed by atoms with Gasteiger partial charge in [-0.3, -0.25) is 0 Å². The Hall–Kier alpha value is -1.21. The van der Waals surface area contributed by atoms with Crippen LogP contribution in [0, 0.1) is 27.7 Å². The zero-order valence-corrected chi connectivity index (χ0v) is 19.8. The number of halogens is 2. The summed E-state index contributed by atoms with van der Waals surface area (Å²) in [5, 5.41) is 2.57. The molecule has 4 aromatic rings. The molecule has 0 amide bonds. The zero-order chi connectivity index (χ0) is 16.8. The van der Waals surface area contributed by atoms with Crippen molar-refractivity contribution < 1.29 is 55.4 Å². The predicted octanol–water partition coefficient (Wildman–Crippen LogP) is 0.725. The van der Waals surface area contributed by atoms with E-state index in [4.69, 9.17) is 4.42 Å². The predicted molar refractivity (Wildman–Crippen MR) is 102 cm³/mol. The Labute approximate surface area is 192 Å². The van der Waals surface area contributed by atoms with E-state index in [1.54, 1.807) is 0 Å². The quantitative estimate of drug-likeness (QED) is 0.390. The van der Waals surface area contributed by atoms with Crippen LogP contribution in [0.1, 0.15) is 22.5 Å². The van der Waals surface area contributed by atoms with Crippen LogP contribution in [0.3, 0.4) is 0 Å². The van der Waals surface area contributed by atoms with Crippen LogP contribution in [0.4, 0.5) is 0 Å². The molecule has 1 nitrogen and oxygen atoms in total. The smallest absolute Gasteiger partial charge is 1.00 e. The average molecular weight is 476 g/mol. The first-order chi connectivity index (χ1) is 11.5. The van der Waals surface area contributed by atoms with Crippen LogP contribution in [0.15, 0.2) is 59.0 Å². The third-order valence-corrected chi connectivity index (χ3v) is 5.04. The molecule has 0 bridgehead atoms. The molecule has 3 aromatic carbocycles. The molecule has 1 aromatic heterocycles. The van der Waals surface area contributed by atoms with Gasteiger partial charge in [-0.2, -0.15) is 0 Å². The minimum atomic E-state index is 0. The van der Waals surface area contributed by atoms with Gasteiger partial charge in [0.25, 0.3) is 0 Å². The van der Waals surface area contributed by atoms with Gasteiger partial charge in [-0.05, 0) is 50.5 Å². The zero-order valence-electron chi connectivity index (χ0n) is 15.9. The molecule has 4 rings (SSSR count). The average Bonchev–Trinajstić information content (AvgIpc) is 3.13. The summed E-state index contributed by atoms with van der Waals surface area (Å²) < 4.78 is 5.94. The van der Waals surface area contributed by atoms with Crippen molar-refractivity contribution in [2.24, 2.45) is 0 Å². The molecule has 137 valence electrons. The van der Waals surface area contributed by atoms with Crippen LogP contribution in [0.2, 0.25) is 0 Å². The summed E-state index contributed by atoms with van der Waals surface area (Å²) in [7, 11) is 0.